The van der Waals surface area contributed by atoms with E-state index in [1.807, 2.05) is 26.0 Å². The molecule has 0 bridgehead atoms. The second kappa shape index (κ2) is 7.95. The summed E-state index contributed by atoms with van der Waals surface area (Å²) in [4.78, 5) is 23.7. The fourth-order valence-corrected chi connectivity index (χ4v) is 2.47. The molecule has 7 heteroatoms. The minimum absolute atomic E-state index is 0.389. The largest absolute Gasteiger partial charge is 0.329 e. The van der Waals surface area contributed by atoms with Crippen molar-refractivity contribution in [2.45, 2.75) is 13.8 Å². The molecule has 2 N–H and O–H groups in total. The first-order valence-electron chi connectivity index (χ1n) is 7.04. The first-order valence-corrected chi connectivity index (χ1v) is 7.79. The van der Waals surface area contributed by atoms with Crippen LogP contribution in [0.25, 0.3) is 0 Å². The van der Waals surface area contributed by atoms with E-state index in [0.29, 0.717) is 21.3 Å². The number of rotatable bonds is 3. The zero-order valence-corrected chi connectivity index (χ0v) is 14.6. The minimum Gasteiger partial charge on any atom is -0.317 e. The second-order valence-electron chi connectivity index (χ2n) is 5.11. The Labute approximate surface area is 149 Å². The molecule has 0 saturated heterocycles. The summed E-state index contributed by atoms with van der Waals surface area (Å²) in [7, 11) is 0. The van der Waals surface area contributed by atoms with E-state index in [0.717, 1.165) is 11.1 Å². The quantitative estimate of drug-likeness (QED) is 0.495. The van der Waals surface area contributed by atoms with Crippen molar-refractivity contribution >= 4 is 46.9 Å². The minimum atomic E-state index is -0.894. The molecule has 0 aliphatic rings. The van der Waals surface area contributed by atoms with Gasteiger partial charge in [0.2, 0.25) is 0 Å². The van der Waals surface area contributed by atoms with Crippen LogP contribution in [0.15, 0.2) is 41.5 Å². The highest BCUT2D eigenvalue weighted by Gasteiger charge is 2.14. The van der Waals surface area contributed by atoms with Gasteiger partial charge in [-0.05, 0) is 37.6 Å². The number of aryl methyl sites for hydroxylation is 2. The Kier molecular flexibility index (Phi) is 5.95. The second-order valence-corrected chi connectivity index (χ2v) is 5.92. The monoisotopic (exact) mass is 363 g/mol. The highest BCUT2D eigenvalue weighted by molar-refractivity contribution is 6.40. The van der Waals surface area contributed by atoms with E-state index in [2.05, 4.69) is 15.8 Å². The summed E-state index contributed by atoms with van der Waals surface area (Å²) in [6.45, 7) is 3.79. The van der Waals surface area contributed by atoms with Crippen molar-refractivity contribution in [3.05, 3.63) is 63.1 Å². The molecule has 2 amide bonds. The summed E-state index contributed by atoms with van der Waals surface area (Å²) in [5, 5.41) is 7.02. The molecule has 2 aromatic carbocycles. The molecule has 0 unspecified atom stereocenters. The highest BCUT2D eigenvalue weighted by Crippen LogP contribution is 2.22. The molecule has 0 aromatic heterocycles. The lowest BCUT2D eigenvalue weighted by molar-refractivity contribution is -0.136. The van der Waals surface area contributed by atoms with E-state index < -0.39 is 11.8 Å². The van der Waals surface area contributed by atoms with Crippen molar-refractivity contribution in [1.82, 2.24) is 5.43 Å². The number of amides is 2. The zero-order valence-electron chi connectivity index (χ0n) is 13.1. The van der Waals surface area contributed by atoms with E-state index >= 15 is 0 Å². The smallest absolute Gasteiger partial charge is 0.317 e. The van der Waals surface area contributed by atoms with Crippen LogP contribution in [0.4, 0.5) is 5.69 Å². The van der Waals surface area contributed by atoms with Gasteiger partial charge in [0.05, 0.1) is 16.3 Å². The molecule has 0 spiro atoms. The summed E-state index contributed by atoms with van der Waals surface area (Å²) < 4.78 is 0. The summed E-state index contributed by atoms with van der Waals surface area (Å²) >= 11 is 12.0. The Morgan fingerprint density at radius 1 is 1.04 bits per heavy atom. The maximum Gasteiger partial charge on any atom is 0.329 e. The van der Waals surface area contributed by atoms with E-state index in [9.17, 15) is 9.59 Å². The van der Waals surface area contributed by atoms with Gasteiger partial charge in [-0.1, -0.05) is 47.0 Å². The lowest BCUT2D eigenvalue weighted by atomic mass is 10.1. The first kappa shape index (κ1) is 18.0. The lowest BCUT2D eigenvalue weighted by Crippen LogP contribution is -2.32. The Bertz CT molecular complexity index is 799. The molecule has 0 atom stereocenters. The van der Waals surface area contributed by atoms with E-state index in [1.165, 1.54) is 6.21 Å². The van der Waals surface area contributed by atoms with E-state index in [4.69, 9.17) is 23.2 Å². The fourth-order valence-electron chi connectivity index (χ4n) is 1.97. The molecule has 0 aliphatic heterocycles. The van der Waals surface area contributed by atoms with Gasteiger partial charge in [-0.2, -0.15) is 5.10 Å². The zero-order chi connectivity index (χ0) is 17.7. The number of anilines is 1. The topological polar surface area (TPSA) is 70.6 Å². The van der Waals surface area contributed by atoms with Crippen LogP contribution in [-0.2, 0) is 9.59 Å². The van der Waals surface area contributed by atoms with Crippen LogP contribution < -0.4 is 10.7 Å². The van der Waals surface area contributed by atoms with E-state index in [-0.39, 0.29) is 0 Å². The third kappa shape index (κ3) is 4.57. The van der Waals surface area contributed by atoms with Crippen molar-refractivity contribution in [2.24, 2.45) is 5.10 Å². The molecule has 0 saturated carbocycles. The van der Waals surface area contributed by atoms with Crippen LogP contribution in [0.3, 0.4) is 0 Å². The average molecular weight is 364 g/mol. The van der Waals surface area contributed by atoms with Crippen LogP contribution in [-0.4, -0.2) is 18.0 Å². The standard InChI is InChI=1S/C17H15Cl2N3O2/c1-10-6-7-15(11(2)8-10)21-16(23)17(24)22-20-9-12-13(18)4-3-5-14(12)19/h3-9H,1-2H3,(H,21,23)(H,22,24). The van der Waals surface area contributed by atoms with Gasteiger partial charge in [0.15, 0.2) is 0 Å². The molecule has 2 rings (SSSR count). The number of halogens is 2. The molecule has 124 valence electrons. The molecular formula is C17H15Cl2N3O2. The van der Waals surface area contributed by atoms with Crippen molar-refractivity contribution in [3.8, 4) is 0 Å². The van der Waals surface area contributed by atoms with Crippen LogP contribution >= 0.6 is 23.2 Å². The van der Waals surface area contributed by atoms with Gasteiger partial charge < -0.3 is 5.32 Å². The third-order valence-corrected chi connectivity index (χ3v) is 3.85. The van der Waals surface area contributed by atoms with Crippen LogP contribution in [0.5, 0.6) is 0 Å². The molecule has 0 aliphatic carbocycles. The number of hydrogen-bond donors (Lipinski definition) is 2. The highest BCUT2D eigenvalue weighted by atomic mass is 35.5. The Hall–Kier alpha value is -2.37. The maximum atomic E-state index is 11.9. The van der Waals surface area contributed by atoms with Gasteiger partial charge in [0, 0.05) is 11.3 Å². The van der Waals surface area contributed by atoms with Gasteiger partial charge in [0.25, 0.3) is 0 Å². The van der Waals surface area contributed by atoms with Crippen LogP contribution in [0.1, 0.15) is 16.7 Å². The summed E-state index contributed by atoms with van der Waals surface area (Å²) in [6, 6.07) is 10.5. The molecule has 0 heterocycles. The molecule has 0 radical (unpaired) electrons. The third-order valence-electron chi connectivity index (χ3n) is 3.20. The van der Waals surface area contributed by atoms with Crippen molar-refractivity contribution in [2.75, 3.05) is 5.32 Å². The van der Waals surface area contributed by atoms with Crippen molar-refractivity contribution in [3.63, 3.8) is 0 Å². The Morgan fingerprint density at radius 3 is 2.33 bits per heavy atom. The normalized spacial score (nSPS) is 10.7. The Balaban J connectivity index is 1.99. The molecule has 5 nitrogen and oxygen atoms in total. The number of nitrogens with zero attached hydrogens (tertiary/aromatic N) is 1. The molecular weight excluding hydrogens is 349 g/mol. The van der Waals surface area contributed by atoms with Gasteiger partial charge in [-0.3, -0.25) is 9.59 Å². The van der Waals surface area contributed by atoms with Crippen LogP contribution in [0, 0.1) is 13.8 Å². The fraction of sp³-hybridized carbons (Fsp3) is 0.118. The van der Waals surface area contributed by atoms with Gasteiger partial charge in [-0.15, -0.1) is 0 Å². The Morgan fingerprint density at radius 2 is 1.71 bits per heavy atom. The predicted molar refractivity (Wildman–Crippen MR) is 96.7 cm³/mol. The number of carbonyl (C=O) groups excluding carboxylic acids is 2. The van der Waals surface area contributed by atoms with Crippen molar-refractivity contribution < 1.29 is 9.59 Å². The van der Waals surface area contributed by atoms with Gasteiger partial charge in [0.1, 0.15) is 0 Å². The number of carbonyl (C=O) groups is 2. The first-order chi connectivity index (χ1) is 11.4. The number of hydrazone groups is 1. The summed E-state index contributed by atoms with van der Waals surface area (Å²) in [6.07, 6.45) is 1.28. The lowest BCUT2D eigenvalue weighted by Gasteiger charge is -2.08. The predicted octanol–water partition coefficient (Wildman–Crippen LogP) is 3.70. The summed E-state index contributed by atoms with van der Waals surface area (Å²) in [5.74, 6) is -1.71. The number of hydrogen-bond acceptors (Lipinski definition) is 3. The van der Waals surface area contributed by atoms with Crippen molar-refractivity contribution in [1.29, 1.82) is 0 Å². The molecule has 0 fully saturated rings. The summed E-state index contributed by atoms with van der Waals surface area (Å²) in [5.41, 5.74) is 5.09. The molecule has 24 heavy (non-hydrogen) atoms. The maximum absolute atomic E-state index is 11.9. The average Bonchev–Trinajstić information content (AvgIpc) is 2.52. The van der Waals surface area contributed by atoms with Gasteiger partial charge >= 0.3 is 11.8 Å². The van der Waals surface area contributed by atoms with Gasteiger partial charge in [-0.25, -0.2) is 5.43 Å². The molecule has 2 aromatic rings. The van der Waals surface area contributed by atoms with E-state index in [1.54, 1.807) is 24.3 Å². The SMILES string of the molecule is Cc1ccc(NC(=O)C(=O)NN=Cc2c(Cl)cccc2Cl)c(C)c1. The number of benzene rings is 2. The number of nitrogens with one attached hydrogen (secondary N) is 2. The van der Waals surface area contributed by atoms with Crippen LogP contribution in [0.2, 0.25) is 10.0 Å².